The zero-order valence-electron chi connectivity index (χ0n) is 12.8. The van der Waals surface area contributed by atoms with Gasteiger partial charge in [0, 0.05) is 10.4 Å². The lowest BCUT2D eigenvalue weighted by Crippen LogP contribution is -2.12. The summed E-state index contributed by atoms with van der Waals surface area (Å²) in [6, 6.07) is 3.13. The highest BCUT2D eigenvalue weighted by atomic mass is 35.5. The Kier molecular flexibility index (Phi) is 5.26. The molecular formula is C15H17ClN2O3S. The van der Waals surface area contributed by atoms with Crippen LogP contribution in [0.2, 0.25) is 5.02 Å². The number of aryl methyl sites for hydroxylation is 2. The lowest BCUT2D eigenvalue weighted by molar-refractivity contribution is 0.102. The van der Waals surface area contributed by atoms with Gasteiger partial charge in [0.1, 0.15) is 0 Å². The van der Waals surface area contributed by atoms with E-state index in [1.165, 1.54) is 25.6 Å². The summed E-state index contributed by atoms with van der Waals surface area (Å²) in [4.78, 5) is 17.8. The predicted octanol–water partition coefficient (Wildman–Crippen LogP) is 3.94. The van der Waals surface area contributed by atoms with E-state index in [0.717, 1.165) is 17.0 Å². The van der Waals surface area contributed by atoms with Gasteiger partial charge in [-0.25, -0.2) is 4.98 Å². The van der Waals surface area contributed by atoms with Gasteiger partial charge in [-0.1, -0.05) is 18.5 Å². The first-order valence-electron chi connectivity index (χ1n) is 6.69. The van der Waals surface area contributed by atoms with Gasteiger partial charge in [-0.3, -0.25) is 10.1 Å². The molecule has 1 N–H and O–H groups in total. The molecule has 118 valence electrons. The van der Waals surface area contributed by atoms with Gasteiger partial charge >= 0.3 is 0 Å². The molecule has 0 bridgehead atoms. The zero-order valence-corrected chi connectivity index (χ0v) is 14.4. The summed E-state index contributed by atoms with van der Waals surface area (Å²) in [6.45, 7) is 4.02. The molecule has 0 aliphatic rings. The lowest BCUT2D eigenvalue weighted by atomic mass is 10.2. The highest BCUT2D eigenvalue weighted by molar-refractivity contribution is 7.15. The first kappa shape index (κ1) is 16.6. The van der Waals surface area contributed by atoms with E-state index in [0.29, 0.717) is 27.2 Å². The predicted molar refractivity (Wildman–Crippen MR) is 88.7 cm³/mol. The molecule has 0 radical (unpaired) electrons. The van der Waals surface area contributed by atoms with Crippen molar-refractivity contribution >= 4 is 34.0 Å². The highest BCUT2D eigenvalue weighted by Gasteiger charge is 2.16. The van der Waals surface area contributed by atoms with Gasteiger partial charge in [-0.15, -0.1) is 11.3 Å². The number of rotatable bonds is 5. The third-order valence-electron chi connectivity index (χ3n) is 3.14. The van der Waals surface area contributed by atoms with E-state index in [9.17, 15) is 4.79 Å². The number of benzene rings is 1. The fourth-order valence-corrected chi connectivity index (χ4v) is 3.21. The molecule has 2 rings (SSSR count). The molecule has 1 aromatic heterocycles. The molecule has 1 aromatic carbocycles. The minimum atomic E-state index is -0.292. The quantitative estimate of drug-likeness (QED) is 0.895. The second-order valence-corrected chi connectivity index (χ2v) is 6.13. The Hall–Kier alpha value is -1.79. The number of aromatic nitrogens is 1. The molecule has 0 unspecified atom stereocenters. The number of hydrogen-bond donors (Lipinski definition) is 1. The normalized spacial score (nSPS) is 10.4. The summed E-state index contributed by atoms with van der Waals surface area (Å²) in [6.07, 6.45) is 0.834. The fourth-order valence-electron chi connectivity index (χ4n) is 2.03. The van der Waals surface area contributed by atoms with Crippen molar-refractivity contribution in [2.75, 3.05) is 19.5 Å². The maximum absolute atomic E-state index is 12.3. The average Bonchev–Trinajstić information content (AvgIpc) is 2.85. The monoisotopic (exact) mass is 340 g/mol. The number of ether oxygens (including phenoxy) is 2. The maximum atomic E-state index is 12.3. The molecule has 0 aliphatic heterocycles. The van der Waals surface area contributed by atoms with Crippen molar-refractivity contribution in [3.8, 4) is 11.5 Å². The smallest absolute Gasteiger partial charge is 0.257 e. The van der Waals surface area contributed by atoms with Crippen molar-refractivity contribution < 1.29 is 14.3 Å². The van der Waals surface area contributed by atoms with Crippen LogP contribution < -0.4 is 14.8 Å². The number of hydrogen-bond acceptors (Lipinski definition) is 5. The number of carbonyl (C=O) groups is 1. The first-order chi connectivity index (χ1) is 10.5. The average molecular weight is 341 g/mol. The van der Waals surface area contributed by atoms with Crippen LogP contribution >= 0.6 is 22.9 Å². The largest absolute Gasteiger partial charge is 0.493 e. The van der Waals surface area contributed by atoms with Gasteiger partial charge in [-0.2, -0.15) is 0 Å². The van der Waals surface area contributed by atoms with Gasteiger partial charge in [-0.05, 0) is 25.5 Å². The summed E-state index contributed by atoms with van der Waals surface area (Å²) in [5.41, 5.74) is 1.37. The van der Waals surface area contributed by atoms with Crippen molar-refractivity contribution in [1.29, 1.82) is 0 Å². The first-order valence-corrected chi connectivity index (χ1v) is 7.88. The molecule has 0 fully saturated rings. The topological polar surface area (TPSA) is 60.5 Å². The minimum absolute atomic E-state index is 0.292. The van der Waals surface area contributed by atoms with E-state index in [-0.39, 0.29) is 5.91 Å². The van der Waals surface area contributed by atoms with Crippen LogP contribution in [0.5, 0.6) is 11.5 Å². The van der Waals surface area contributed by atoms with E-state index >= 15 is 0 Å². The second-order valence-electron chi connectivity index (χ2n) is 4.52. The van der Waals surface area contributed by atoms with Gasteiger partial charge in [0.05, 0.1) is 24.9 Å². The molecule has 0 spiro atoms. The Bertz CT molecular complexity index is 700. The van der Waals surface area contributed by atoms with Gasteiger partial charge < -0.3 is 9.47 Å². The Balaban J connectivity index is 2.27. The number of nitrogens with one attached hydrogen (secondary N) is 1. The van der Waals surface area contributed by atoms with Crippen LogP contribution in [0, 0.1) is 6.92 Å². The zero-order chi connectivity index (χ0) is 16.3. The third-order valence-corrected chi connectivity index (χ3v) is 4.35. The van der Waals surface area contributed by atoms with Crippen molar-refractivity contribution in [2.24, 2.45) is 0 Å². The molecule has 22 heavy (non-hydrogen) atoms. The van der Waals surface area contributed by atoms with Crippen LogP contribution in [0.25, 0.3) is 0 Å². The second kappa shape index (κ2) is 6.98. The molecule has 2 aromatic rings. The molecule has 1 heterocycles. The van der Waals surface area contributed by atoms with Crippen molar-refractivity contribution in [2.45, 2.75) is 20.3 Å². The number of halogens is 1. The molecular weight excluding hydrogens is 324 g/mol. The fraction of sp³-hybridized carbons (Fsp3) is 0.333. The molecule has 0 atom stereocenters. The van der Waals surface area contributed by atoms with Crippen LogP contribution in [0.4, 0.5) is 5.13 Å². The van der Waals surface area contributed by atoms with E-state index in [1.54, 1.807) is 12.1 Å². The number of carbonyl (C=O) groups excluding carboxylic acids is 1. The van der Waals surface area contributed by atoms with Gasteiger partial charge in [0.15, 0.2) is 16.6 Å². The summed E-state index contributed by atoms with van der Waals surface area (Å²) in [5, 5.41) is 3.67. The Labute approximate surface area is 138 Å². The third kappa shape index (κ3) is 3.34. The Morgan fingerprint density at radius 1 is 1.36 bits per heavy atom. The van der Waals surface area contributed by atoms with E-state index < -0.39 is 0 Å². The minimum Gasteiger partial charge on any atom is -0.493 e. The van der Waals surface area contributed by atoms with Crippen molar-refractivity contribution in [3.63, 3.8) is 0 Å². The van der Waals surface area contributed by atoms with Crippen LogP contribution in [0.1, 0.15) is 27.9 Å². The lowest BCUT2D eigenvalue weighted by Gasteiger charge is -2.11. The maximum Gasteiger partial charge on any atom is 0.257 e. The van der Waals surface area contributed by atoms with Crippen LogP contribution in [-0.2, 0) is 6.42 Å². The molecule has 7 heteroatoms. The SMILES string of the molecule is CCc1nc(NC(=O)c2cc(Cl)c(OC)c(OC)c2)sc1C. The molecule has 0 saturated heterocycles. The Morgan fingerprint density at radius 2 is 2.09 bits per heavy atom. The summed E-state index contributed by atoms with van der Waals surface area (Å²) >= 11 is 7.57. The van der Waals surface area contributed by atoms with Crippen LogP contribution in [-0.4, -0.2) is 25.1 Å². The summed E-state index contributed by atoms with van der Waals surface area (Å²) in [5.74, 6) is 0.517. The standard InChI is InChI=1S/C15H17ClN2O3S/c1-5-11-8(2)22-15(17-11)18-14(19)9-6-10(16)13(21-4)12(7-9)20-3/h6-7H,5H2,1-4H3,(H,17,18,19). The number of amides is 1. The number of methoxy groups -OCH3 is 2. The Morgan fingerprint density at radius 3 is 2.64 bits per heavy atom. The van der Waals surface area contributed by atoms with Crippen molar-refractivity contribution in [1.82, 2.24) is 4.98 Å². The number of nitrogens with zero attached hydrogens (tertiary/aromatic N) is 1. The van der Waals surface area contributed by atoms with Gasteiger partial charge in [0.25, 0.3) is 5.91 Å². The summed E-state index contributed by atoms with van der Waals surface area (Å²) in [7, 11) is 2.99. The van der Waals surface area contributed by atoms with Crippen molar-refractivity contribution in [3.05, 3.63) is 33.3 Å². The van der Waals surface area contributed by atoms with Crippen LogP contribution in [0.3, 0.4) is 0 Å². The summed E-state index contributed by atoms with van der Waals surface area (Å²) < 4.78 is 10.4. The highest BCUT2D eigenvalue weighted by Crippen LogP contribution is 2.36. The van der Waals surface area contributed by atoms with E-state index in [1.807, 2.05) is 13.8 Å². The van der Waals surface area contributed by atoms with E-state index in [4.69, 9.17) is 21.1 Å². The van der Waals surface area contributed by atoms with Gasteiger partial charge in [0.2, 0.25) is 0 Å². The molecule has 5 nitrogen and oxygen atoms in total. The van der Waals surface area contributed by atoms with Crippen LogP contribution in [0.15, 0.2) is 12.1 Å². The van der Waals surface area contributed by atoms with E-state index in [2.05, 4.69) is 10.3 Å². The number of thiazole rings is 1. The molecule has 0 aliphatic carbocycles. The molecule has 1 amide bonds. The molecule has 0 saturated carbocycles. The number of anilines is 1.